The molecule has 13 heteroatoms. The Morgan fingerprint density at radius 3 is 2.71 bits per heavy atom. The van der Waals surface area contributed by atoms with Gasteiger partial charge in [-0.25, -0.2) is 22.2 Å². The fourth-order valence-electron chi connectivity index (χ4n) is 4.43. The normalized spacial score (nSPS) is 18.6. The number of alkyl halides is 1. The van der Waals surface area contributed by atoms with E-state index < -0.39 is 33.0 Å². The predicted octanol–water partition coefficient (Wildman–Crippen LogP) is 4.65. The van der Waals surface area contributed by atoms with Gasteiger partial charge in [-0.1, -0.05) is 11.6 Å². The summed E-state index contributed by atoms with van der Waals surface area (Å²) in [6.07, 6.45) is -1.32. The van der Waals surface area contributed by atoms with Gasteiger partial charge in [0.05, 0.1) is 5.69 Å². The van der Waals surface area contributed by atoms with E-state index >= 15 is 0 Å². The zero-order valence-electron chi connectivity index (χ0n) is 20.8. The van der Waals surface area contributed by atoms with Crippen LogP contribution in [0.4, 0.5) is 14.5 Å². The van der Waals surface area contributed by atoms with E-state index in [0.29, 0.717) is 46.6 Å². The van der Waals surface area contributed by atoms with Crippen LogP contribution in [0, 0.1) is 19.7 Å². The molecule has 1 fully saturated rings. The maximum absolute atomic E-state index is 14.7. The van der Waals surface area contributed by atoms with Crippen LogP contribution in [-0.4, -0.2) is 65.9 Å². The fraction of sp³-hybridized carbons (Fsp3) is 0.320. The summed E-state index contributed by atoms with van der Waals surface area (Å²) in [7, 11) is -2.37. The molecule has 3 heterocycles. The van der Waals surface area contributed by atoms with Gasteiger partial charge in [0.2, 0.25) is 5.88 Å². The fourth-order valence-corrected chi connectivity index (χ4v) is 5.82. The molecule has 2 aromatic heterocycles. The summed E-state index contributed by atoms with van der Waals surface area (Å²) in [5.41, 5.74) is 2.51. The van der Waals surface area contributed by atoms with Gasteiger partial charge >= 0.3 is 0 Å². The van der Waals surface area contributed by atoms with Crippen molar-refractivity contribution in [3.8, 4) is 17.3 Å². The number of halogens is 3. The highest BCUT2D eigenvalue weighted by Crippen LogP contribution is 2.32. The molecule has 200 valence electrons. The molecule has 0 aliphatic carbocycles. The Kier molecular flexibility index (Phi) is 6.97. The molecule has 0 saturated carbocycles. The van der Waals surface area contributed by atoms with E-state index in [2.05, 4.69) is 24.9 Å². The Bertz CT molecular complexity index is 1630. The van der Waals surface area contributed by atoms with Crippen molar-refractivity contribution in [2.75, 3.05) is 24.9 Å². The Balaban J connectivity index is 1.47. The van der Waals surface area contributed by atoms with E-state index in [0.717, 1.165) is 12.1 Å². The summed E-state index contributed by atoms with van der Waals surface area (Å²) >= 11 is 5.86. The number of hydrogen-bond donors (Lipinski definition) is 2. The van der Waals surface area contributed by atoms with Crippen LogP contribution in [0.5, 0.6) is 5.88 Å². The lowest BCUT2D eigenvalue weighted by atomic mass is 10.1. The number of nitrogens with one attached hydrogen (secondary N) is 2. The number of H-pyrrole nitrogens is 1. The number of anilines is 1. The van der Waals surface area contributed by atoms with Crippen molar-refractivity contribution in [2.45, 2.75) is 37.4 Å². The van der Waals surface area contributed by atoms with Gasteiger partial charge in [-0.05, 0) is 69.3 Å². The van der Waals surface area contributed by atoms with Crippen molar-refractivity contribution in [3.63, 3.8) is 0 Å². The van der Waals surface area contributed by atoms with Crippen molar-refractivity contribution in [3.05, 3.63) is 58.5 Å². The van der Waals surface area contributed by atoms with Gasteiger partial charge in [-0.15, -0.1) is 0 Å². The first-order chi connectivity index (χ1) is 18.0. The van der Waals surface area contributed by atoms with Crippen LogP contribution < -0.4 is 9.46 Å². The highest BCUT2D eigenvalue weighted by molar-refractivity contribution is 7.92. The molecule has 4 aromatic rings. The first kappa shape index (κ1) is 26.3. The van der Waals surface area contributed by atoms with Crippen LogP contribution in [0.25, 0.3) is 22.4 Å². The molecule has 2 atom stereocenters. The topological polar surface area (TPSA) is 113 Å². The Morgan fingerprint density at radius 1 is 1.18 bits per heavy atom. The molecule has 0 spiro atoms. The minimum Gasteiger partial charge on any atom is -0.471 e. The second kappa shape index (κ2) is 10.1. The summed E-state index contributed by atoms with van der Waals surface area (Å²) in [6, 6.07) is 8.05. The molecule has 9 nitrogen and oxygen atoms in total. The van der Waals surface area contributed by atoms with E-state index in [9.17, 15) is 17.2 Å². The third-order valence-corrected chi connectivity index (χ3v) is 8.05. The SMILES string of the molecule is Cc1cc(NS(=O)(=O)c2cc(Cl)ccc2F)ccc1-c1nc(O[C@@H]2CCN(C)C[C@@H]2F)c2c(C)n[nH]c2n1. The van der Waals surface area contributed by atoms with Gasteiger partial charge in [0.25, 0.3) is 10.0 Å². The zero-order chi connectivity index (χ0) is 27.2. The van der Waals surface area contributed by atoms with Crippen LogP contribution >= 0.6 is 11.6 Å². The summed E-state index contributed by atoms with van der Waals surface area (Å²) in [6.45, 7) is 4.51. The van der Waals surface area contributed by atoms with E-state index in [1.165, 1.54) is 12.1 Å². The molecule has 2 N–H and O–H groups in total. The minimum atomic E-state index is -4.23. The number of aryl methyl sites for hydroxylation is 2. The molecule has 0 unspecified atom stereocenters. The quantitative estimate of drug-likeness (QED) is 0.352. The maximum atomic E-state index is 14.7. The third kappa shape index (κ3) is 5.16. The number of hydrogen-bond acceptors (Lipinski definition) is 7. The Morgan fingerprint density at radius 2 is 1.97 bits per heavy atom. The monoisotopic (exact) mass is 562 g/mol. The van der Waals surface area contributed by atoms with E-state index in [1.54, 1.807) is 26.0 Å². The number of aromatic amines is 1. The number of ether oxygens (including phenoxy) is 1. The number of sulfonamides is 1. The van der Waals surface area contributed by atoms with E-state index in [1.807, 2.05) is 11.9 Å². The average Bonchev–Trinajstić information content (AvgIpc) is 3.23. The average molecular weight is 563 g/mol. The summed E-state index contributed by atoms with van der Waals surface area (Å²) in [5.74, 6) is -0.388. The lowest BCUT2D eigenvalue weighted by Gasteiger charge is -2.32. The Hall–Kier alpha value is -3.35. The third-order valence-electron chi connectivity index (χ3n) is 6.42. The second-order valence-corrected chi connectivity index (χ2v) is 11.4. The smallest absolute Gasteiger partial charge is 0.264 e. The van der Waals surface area contributed by atoms with Crippen LogP contribution in [0.2, 0.25) is 5.02 Å². The highest BCUT2D eigenvalue weighted by atomic mass is 35.5. The van der Waals surface area contributed by atoms with Crippen LogP contribution in [0.1, 0.15) is 17.7 Å². The molecule has 1 saturated heterocycles. The lowest BCUT2D eigenvalue weighted by Crippen LogP contribution is -2.45. The molecule has 1 aliphatic rings. The van der Waals surface area contributed by atoms with Crippen molar-refractivity contribution in [1.82, 2.24) is 25.1 Å². The van der Waals surface area contributed by atoms with Gasteiger partial charge in [0.1, 0.15) is 28.4 Å². The number of likely N-dealkylation sites (tertiary alicyclic amines) is 1. The molecule has 0 bridgehead atoms. The number of aromatic nitrogens is 4. The maximum Gasteiger partial charge on any atom is 0.264 e. The van der Waals surface area contributed by atoms with Gasteiger partial charge < -0.3 is 9.64 Å². The first-order valence-electron chi connectivity index (χ1n) is 11.8. The van der Waals surface area contributed by atoms with Crippen molar-refractivity contribution >= 4 is 38.3 Å². The second-order valence-electron chi connectivity index (χ2n) is 9.32. The molecule has 0 amide bonds. The number of benzene rings is 2. The van der Waals surface area contributed by atoms with Crippen LogP contribution in [0.3, 0.4) is 0 Å². The van der Waals surface area contributed by atoms with Crippen LogP contribution in [-0.2, 0) is 10.0 Å². The number of rotatable bonds is 6. The van der Waals surface area contributed by atoms with Crippen LogP contribution in [0.15, 0.2) is 41.3 Å². The van der Waals surface area contributed by atoms with Crippen molar-refractivity contribution in [2.24, 2.45) is 0 Å². The highest BCUT2D eigenvalue weighted by Gasteiger charge is 2.31. The van der Waals surface area contributed by atoms with E-state index in [4.69, 9.17) is 16.3 Å². The summed E-state index contributed by atoms with van der Waals surface area (Å²) in [4.78, 5) is 10.5. The zero-order valence-corrected chi connectivity index (χ0v) is 22.4. The lowest BCUT2D eigenvalue weighted by molar-refractivity contribution is 0.0296. The molecule has 38 heavy (non-hydrogen) atoms. The number of nitrogens with zero attached hydrogens (tertiary/aromatic N) is 4. The number of piperidine rings is 1. The van der Waals surface area contributed by atoms with Gasteiger partial charge in [-0.2, -0.15) is 10.1 Å². The molecule has 0 radical (unpaired) electrons. The molecule has 5 rings (SSSR count). The molecular formula is C25H25ClF2N6O3S. The van der Waals surface area contributed by atoms with Gasteiger partial charge in [0, 0.05) is 29.4 Å². The molecule has 2 aromatic carbocycles. The number of fused-ring (bicyclic) bond motifs is 1. The standard InChI is InChI=1S/C25H25ClF2N6O3S/c1-13-10-16(33-38(35,36)21-11-15(26)4-7-18(21)27)5-6-17(13)23-29-24-22(14(2)31-32-24)25(30-23)37-20-8-9-34(3)12-19(20)28/h4-7,10-11,19-20,33H,8-9,12H2,1-3H3,(H,29,30,31,32)/t19-,20+/m0/s1. The van der Waals surface area contributed by atoms with Gasteiger partial charge in [0.15, 0.2) is 11.5 Å². The summed E-state index contributed by atoms with van der Waals surface area (Å²) < 4.78 is 62.9. The predicted molar refractivity (Wildman–Crippen MR) is 140 cm³/mol. The molecule has 1 aliphatic heterocycles. The largest absolute Gasteiger partial charge is 0.471 e. The summed E-state index contributed by atoms with van der Waals surface area (Å²) in [5, 5.41) is 7.74. The molecular weight excluding hydrogens is 538 g/mol. The Labute approximate surface area is 223 Å². The van der Waals surface area contributed by atoms with Gasteiger partial charge in [-0.3, -0.25) is 9.82 Å². The van der Waals surface area contributed by atoms with Crippen molar-refractivity contribution < 1.29 is 21.9 Å². The van der Waals surface area contributed by atoms with Crippen molar-refractivity contribution in [1.29, 1.82) is 0 Å². The first-order valence-corrected chi connectivity index (χ1v) is 13.7. The minimum absolute atomic E-state index is 0.0947. The van der Waals surface area contributed by atoms with E-state index in [-0.39, 0.29) is 23.1 Å².